The van der Waals surface area contributed by atoms with Gasteiger partial charge in [-0.3, -0.25) is 4.90 Å². The third kappa shape index (κ3) is 9.37. The van der Waals surface area contributed by atoms with Crippen LogP contribution < -0.4 is 0 Å². The lowest BCUT2D eigenvalue weighted by Gasteiger charge is -2.42. The molecule has 2 fully saturated rings. The Hall–Kier alpha value is -3.27. The Morgan fingerprint density at radius 3 is 2.49 bits per heavy atom. The highest BCUT2D eigenvalue weighted by molar-refractivity contribution is 5.87. The molecule has 9 nitrogen and oxygen atoms in total. The summed E-state index contributed by atoms with van der Waals surface area (Å²) in [5, 5.41) is 0. The predicted molar refractivity (Wildman–Crippen MR) is 179 cm³/mol. The Labute approximate surface area is 269 Å². The fourth-order valence-corrected chi connectivity index (χ4v) is 7.27. The number of esters is 1. The van der Waals surface area contributed by atoms with E-state index in [1.807, 2.05) is 31.5 Å². The number of aromatic amines is 1. The SMILES string of the molecule is CCOC(=O)C=Cc1ccc(CN(Cc2ncc[nH]2)Cc2nccn2CCCN2CCC3(CCN(C(CC)CC)CC3)C2)cc1. The second-order valence-corrected chi connectivity index (χ2v) is 12.9. The average Bonchev–Trinajstić information content (AvgIpc) is 3.82. The van der Waals surface area contributed by atoms with Crippen LogP contribution in [-0.2, 0) is 35.7 Å². The maximum absolute atomic E-state index is 11.7. The van der Waals surface area contributed by atoms with Crippen molar-refractivity contribution >= 4 is 12.0 Å². The maximum atomic E-state index is 11.7. The van der Waals surface area contributed by atoms with Gasteiger partial charge in [0.25, 0.3) is 0 Å². The summed E-state index contributed by atoms with van der Waals surface area (Å²) in [5.41, 5.74) is 2.71. The van der Waals surface area contributed by atoms with Crippen molar-refractivity contribution in [2.45, 2.75) is 91.5 Å². The third-order valence-electron chi connectivity index (χ3n) is 9.89. The summed E-state index contributed by atoms with van der Waals surface area (Å²) in [4.78, 5) is 32.0. The van der Waals surface area contributed by atoms with Crippen molar-refractivity contribution < 1.29 is 9.53 Å². The lowest BCUT2D eigenvalue weighted by atomic mass is 9.77. The molecule has 2 aliphatic heterocycles. The van der Waals surface area contributed by atoms with Crippen molar-refractivity contribution in [3.63, 3.8) is 0 Å². The van der Waals surface area contributed by atoms with Gasteiger partial charge < -0.3 is 24.1 Å². The van der Waals surface area contributed by atoms with E-state index in [0.29, 0.717) is 18.6 Å². The molecule has 244 valence electrons. The number of likely N-dealkylation sites (tertiary alicyclic amines) is 2. The van der Waals surface area contributed by atoms with Crippen LogP contribution in [0.15, 0.2) is 55.1 Å². The Bertz CT molecular complexity index is 1320. The average molecular weight is 616 g/mol. The summed E-state index contributed by atoms with van der Waals surface area (Å²) < 4.78 is 7.32. The zero-order valence-electron chi connectivity index (χ0n) is 27.7. The first kappa shape index (κ1) is 33.1. The van der Waals surface area contributed by atoms with E-state index in [1.165, 1.54) is 69.9 Å². The highest BCUT2D eigenvalue weighted by Gasteiger charge is 2.40. The number of imidazole rings is 2. The van der Waals surface area contributed by atoms with E-state index in [2.05, 4.69) is 61.4 Å². The molecule has 0 radical (unpaired) electrons. The van der Waals surface area contributed by atoms with E-state index in [4.69, 9.17) is 9.72 Å². The van der Waals surface area contributed by atoms with Crippen LogP contribution in [-0.4, -0.2) is 85.6 Å². The minimum absolute atomic E-state index is 0.320. The van der Waals surface area contributed by atoms with Crippen LogP contribution in [0.4, 0.5) is 0 Å². The molecule has 0 unspecified atom stereocenters. The fraction of sp³-hybridized carbons (Fsp3) is 0.583. The van der Waals surface area contributed by atoms with E-state index in [-0.39, 0.29) is 5.97 Å². The van der Waals surface area contributed by atoms with Gasteiger partial charge in [-0.25, -0.2) is 14.8 Å². The monoisotopic (exact) mass is 615 g/mol. The van der Waals surface area contributed by atoms with Gasteiger partial charge in [0.2, 0.25) is 0 Å². The molecule has 0 saturated carbocycles. The number of benzene rings is 1. The van der Waals surface area contributed by atoms with E-state index in [0.717, 1.165) is 55.9 Å². The van der Waals surface area contributed by atoms with Crippen LogP contribution in [0, 0.1) is 5.41 Å². The van der Waals surface area contributed by atoms with Crippen LogP contribution in [0.25, 0.3) is 6.08 Å². The molecule has 2 aromatic heterocycles. The van der Waals surface area contributed by atoms with Crippen LogP contribution in [0.5, 0.6) is 0 Å². The van der Waals surface area contributed by atoms with Gasteiger partial charge in [0.15, 0.2) is 0 Å². The molecular weight excluding hydrogens is 562 g/mol. The number of H-pyrrole nitrogens is 1. The van der Waals surface area contributed by atoms with Crippen molar-refractivity contribution in [1.82, 2.24) is 34.2 Å². The number of aromatic nitrogens is 4. The molecule has 1 N–H and O–H groups in total. The minimum Gasteiger partial charge on any atom is -0.463 e. The Balaban J connectivity index is 1.13. The summed E-state index contributed by atoms with van der Waals surface area (Å²) >= 11 is 0. The first-order valence-electron chi connectivity index (χ1n) is 17.1. The second-order valence-electron chi connectivity index (χ2n) is 12.9. The first-order chi connectivity index (χ1) is 22.0. The quantitative estimate of drug-likeness (QED) is 0.162. The van der Waals surface area contributed by atoms with Crippen molar-refractivity contribution in [2.75, 3.05) is 39.3 Å². The smallest absolute Gasteiger partial charge is 0.330 e. The first-order valence-corrected chi connectivity index (χ1v) is 17.1. The number of ether oxygens (including phenoxy) is 1. The number of nitrogens with one attached hydrogen (secondary N) is 1. The lowest BCUT2D eigenvalue weighted by Crippen LogP contribution is -2.45. The molecule has 0 bridgehead atoms. The normalized spacial score (nSPS) is 17.4. The molecule has 1 spiro atoms. The van der Waals surface area contributed by atoms with E-state index in [1.54, 1.807) is 12.3 Å². The number of nitrogens with zero attached hydrogens (tertiary/aromatic N) is 6. The summed E-state index contributed by atoms with van der Waals surface area (Å²) in [7, 11) is 0. The van der Waals surface area contributed by atoms with Gasteiger partial charge in [0.1, 0.15) is 11.6 Å². The number of carbonyl (C=O) groups is 1. The lowest BCUT2D eigenvalue weighted by molar-refractivity contribution is -0.137. The van der Waals surface area contributed by atoms with Crippen molar-refractivity contribution in [1.29, 1.82) is 0 Å². The largest absolute Gasteiger partial charge is 0.463 e. The van der Waals surface area contributed by atoms with E-state index in [9.17, 15) is 4.79 Å². The Morgan fingerprint density at radius 2 is 1.78 bits per heavy atom. The highest BCUT2D eigenvalue weighted by atomic mass is 16.5. The second kappa shape index (κ2) is 16.3. The van der Waals surface area contributed by atoms with Crippen LogP contribution in [0.3, 0.4) is 0 Å². The molecule has 1 aromatic carbocycles. The van der Waals surface area contributed by atoms with Crippen molar-refractivity contribution in [3.8, 4) is 0 Å². The maximum Gasteiger partial charge on any atom is 0.330 e. The van der Waals surface area contributed by atoms with Gasteiger partial charge in [-0.2, -0.15) is 0 Å². The number of piperidine rings is 1. The van der Waals surface area contributed by atoms with Gasteiger partial charge in [0, 0.05) is 56.5 Å². The summed E-state index contributed by atoms with van der Waals surface area (Å²) in [6, 6.07) is 9.08. The molecule has 0 aliphatic carbocycles. The highest BCUT2D eigenvalue weighted by Crippen LogP contribution is 2.41. The fourth-order valence-electron chi connectivity index (χ4n) is 7.27. The van der Waals surface area contributed by atoms with Gasteiger partial charge >= 0.3 is 5.97 Å². The number of hydrogen-bond acceptors (Lipinski definition) is 7. The van der Waals surface area contributed by atoms with Crippen molar-refractivity contribution in [2.24, 2.45) is 5.41 Å². The van der Waals surface area contributed by atoms with E-state index >= 15 is 0 Å². The van der Waals surface area contributed by atoms with Crippen molar-refractivity contribution in [3.05, 3.63) is 77.9 Å². The number of aryl methyl sites for hydroxylation is 1. The molecular formula is C36H53N7O2. The zero-order valence-corrected chi connectivity index (χ0v) is 27.7. The number of hydrogen-bond donors (Lipinski definition) is 1. The molecule has 45 heavy (non-hydrogen) atoms. The van der Waals surface area contributed by atoms with Crippen LogP contribution in [0.1, 0.15) is 82.1 Å². The predicted octanol–water partition coefficient (Wildman–Crippen LogP) is 5.75. The minimum atomic E-state index is -0.320. The Kier molecular flexibility index (Phi) is 12.0. The molecule has 0 amide bonds. The standard InChI is InChI=1S/C36H53N7O2/c1-4-32(5-2)42-23-15-36(16-24-42)14-22-40(29-36)20-7-21-43-25-19-39-34(43)28-41(27-33-37-17-18-38-33)26-31-10-8-30(9-11-31)12-13-35(44)45-6-3/h8-13,17-19,25,32H,4-7,14-16,20-24,26-29H2,1-3H3,(H,37,38). The topological polar surface area (TPSA) is 82.5 Å². The van der Waals surface area contributed by atoms with Gasteiger partial charge in [-0.05, 0) is 94.2 Å². The van der Waals surface area contributed by atoms with Gasteiger partial charge in [-0.1, -0.05) is 38.1 Å². The molecule has 9 heteroatoms. The van der Waals surface area contributed by atoms with Gasteiger partial charge in [0.05, 0.1) is 19.7 Å². The number of carbonyl (C=O) groups excluding carboxylic acids is 1. The molecule has 5 rings (SSSR count). The zero-order chi connectivity index (χ0) is 31.5. The summed E-state index contributed by atoms with van der Waals surface area (Å²) in [5.74, 6) is 1.71. The van der Waals surface area contributed by atoms with Gasteiger partial charge in [-0.15, -0.1) is 0 Å². The molecule has 0 atom stereocenters. The third-order valence-corrected chi connectivity index (χ3v) is 9.89. The molecule has 4 heterocycles. The van der Waals surface area contributed by atoms with Crippen LogP contribution >= 0.6 is 0 Å². The van der Waals surface area contributed by atoms with Crippen LogP contribution in [0.2, 0.25) is 0 Å². The molecule has 3 aromatic rings. The molecule has 2 aliphatic rings. The summed E-state index contributed by atoms with van der Waals surface area (Å²) in [6.07, 6.45) is 18.8. The Morgan fingerprint density at radius 1 is 1.00 bits per heavy atom. The summed E-state index contributed by atoms with van der Waals surface area (Å²) in [6.45, 7) is 16.3. The van der Waals surface area contributed by atoms with E-state index < -0.39 is 0 Å². The molecule has 2 saturated heterocycles. The number of rotatable bonds is 16.